The number of aromatic hydroxyl groups is 2. The second-order valence-electron chi connectivity index (χ2n) is 3.18. The molecule has 0 aliphatic rings. The molecule has 0 heterocycles. The Balaban J connectivity index is 2.38. The minimum absolute atomic E-state index is 0.0146. The normalized spacial score (nSPS) is 10.1. The number of rotatable bonds is 5. The molecule has 0 spiro atoms. The highest BCUT2D eigenvalue weighted by Gasteiger charge is 2.05. The number of nitrogens with one attached hydrogen (secondary N) is 1. The lowest BCUT2D eigenvalue weighted by atomic mass is 10.3. The maximum Gasteiger partial charge on any atom is 0.219 e. The summed E-state index contributed by atoms with van der Waals surface area (Å²) in [6.07, 6.45) is 0.474. The summed E-state index contributed by atoms with van der Waals surface area (Å²) in [6, 6.07) is 4.82. The Morgan fingerprint density at radius 1 is 1.44 bits per heavy atom. The van der Waals surface area contributed by atoms with Gasteiger partial charge >= 0.3 is 0 Å². The largest absolute Gasteiger partial charge is 0.504 e. The Morgan fingerprint density at radius 3 is 2.88 bits per heavy atom. The highest BCUT2D eigenvalue weighted by molar-refractivity contribution is 7.99. The third-order valence-electron chi connectivity index (χ3n) is 1.98. The summed E-state index contributed by atoms with van der Waals surface area (Å²) in [5.41, 5.74) is 0. The van der Waals surface area contributed by atoms with Gasteiger partial charge in [-0.3, -0.25) is 4.79 Å². The molecule has 0 atom stereocenters. The summed E-state index contributed by atoms with van der Waals surface area (Å²) in [7, 11) is 0. The molecule has 5 heteroatoms. The fourth-order valence-corrected chi connectivity index (χ4v) is 1.94. The lowest BCUT2D eigenvalue weighted by Crippen LogP contribution is -2.24. The van der Waals surface area contributed by atoms with Crippen molar-refractivity contribution in [2.75, 3.05) is 12.3 Å². The number of phenolic OH excluding ortho intramolecular Hbond substituents is 2. The molecular weight excluding hydrogens is 226 g/mol. The quantitative estimate of drug-likeness (QED) is 0.417. The number of benzene rings is 1. The number of hydrogen-bond acceptors (Lipinski definition) is 4. The van der Waals surface area contributed by atoms with Gasteiger partial charge in [-0.25, -0.2) is 0 Å². The minimum atomic E-state index is -0.123. The average Bonchev–Trinajstić information content (AvgIpc) is 2.29. The number of para-hydroxylation sites is 1. The summed E-state index contributed by atoms with van der Waals surface area (Å²) < 4.78 is 0. The zero-order valence-corrected chi connectivity index (χ0v) is 9.88. The first-order valence-corrected chi connectivity index (χ1v) is 6.04. The van der Waals surface area contributed by atoms with Crippen LogP contribution in [0.1, 0.15) is 13.3 Å². The Kier molecular flexibility index (Phi) is 4.98. The van der Waals surface area contributed by atoms with Gasteiger partial charge in [0.15, 0.2) is 11.5 Å². The Labute approximate surface area is 98.7 Å². The van der Waals surface area contributed by atoms with Gasteiger partial charge < -0.3 is 15.5 Å². The van der Waals surface area contributed by atoms with Crippen LogP contribution in [0.5, 0.6) is 11.5 Å². The van der Waals surface area contributed by atoms with Gasteiger partial charge in [0.2, 0.25) is 5.91 Å². The van der Waals surface area contributed by atoms with Crippen LogP contribution < -0.4 is 5.32 Å². The van der Waals surface area contributed by atoms with E-state index in [2.05, 4.69) is 5.32 Å². The fourth-order valence-electron chi connectivity index (χ4n) is 1.10. The van der Waals surface area contributed by atoms with Crippen LogP contribution in [0.25, 0.3) is 0 Å². The molecule has 1 amide bonds. The van der Waals surface area contributed by atoms with Crippen LogP contribution in [0.3, 0.4) is 0 Å². The van der Waals surface area contributed by atoms with Gasteiger partial charge in [-0.05, 0) is 12.1 Å². The van der Waals surface area contributed by atoms with Crippen LogP contribution in [0.15, 0.2) is 23.1 Å². The van der Waals surface area contributed by atoms with Gasteiger partial charge in [-0.1, -0.05) is 13.0 Å². The molecule has 1 aromatic carbocycles. The molecule has 0 saturated carbocycles. The summed E-state index contributed by atoms with van der Waals surface area (Å²) in [5, 5.41) is 21.5. The first-order chi connectivity index (χ1) is 7.65. The van der Waals surface area contributed by atoms with Crippen LogP contribution in [-0.2, 0) is 4.79 Å². The van der Waals surface area contributed by atoms with E-state index in [4.69, 9.17) is 0 Å². The second-order valence-corrected chi connectivity index (χ2v) is 4.31. The van der Waals surface area contributed by atoms with E-state index in [0.717, 1.165) is 0 Å². The van der Waals surface area contributed by atoms with E-state index in [1.807, 2.05) is 0 Å². The monoisotopic (exact) mass is 241 g/mol. The molecule has 0 unspecified atom stereocenters. The second kappa shape index (κ2) is 6.27. The van der Waals surface area contributed by atoms with Crippen LogP contribution in [0.2, 0.25) is 0 Å². The Morgan fingerprint density at radius 2 is 2.19 bits per heavy atom. The number of hydrogen-bond donors (Lipinski definition) is 3. The number of carbonyl (C=O) groups is 1. The highest BCUT2D eigenvalue weighted by atomic mass is 32.2. The Bertz CT molecular complexity index is 368. The van der Waals surface area contributed by atoms with E-state index in [1.54, 1.807) is 19.1 Å². The molecule has 16 heavy (non-hydrogen) atoms. The summed E-state index contributed by atoms with van der Waals surface area (Å²) in [6.45, 7) is 2.34. The van der Waals surface area contributed by atoms with Gasteiger partial charge in [0.1, 0.15) is 0 Å². The van der Waals surface area contributed by atoms with Crippen molar-refractivity contribution in [1.82, 2.24) is 5.32 Å². The summed E-state index contributed by atoms with van der Waals surface area (Å²) >= 11 is 1.39. The van der Waals surface area contributed by atoms with Crippen molar-refractivity contribution < 1.29 is 15.0 Å². The predicted octanol–water partition coefficient (Wildman–Crippen LogP) is 1.72. The van der Waals surface area contributed by atoms with Crippen molar-refractivity contribution >= 4 is 17.7 Å². The molecule has 0 saturated heterocycles. The zero-order valence-electron chi connectivity index (χ0n) is 9.06. The average molecular weight is 241 g/mol. The fraction of sp³-hybridized carbons (Fsp3) is 0.364. The van der Waals surface area contributed by atoms with Crippen LogP contribution >= 0.6 is 11.8 Å². The van der Waals surface area contributed by atoms with E-state index in [0.29, 0.717) is 23.6 Å². The number of carbonyl (C=O) groups excluding carboxylic acids is 1. The van der Waals surface area contributed by atoms with E-state index >= 15 is 0 Å². The van der Waals surface area contributed by atoms with Gasteiger partial charge in [0, 0.05) is 18.7 Å². The number of thioether (sulfide) groups is 1. The minimum Gasteiger partial charge on any atom is -0.504 e. The molecule has 0 fully saturated rings. The summed E-state index contributed by atoms with van der Waals surface area (Å²) in [4.78, 5) is 11.6. The van der Waals surface area contributed by atoms with Crippen molar-refractivity contribution in [2.45, 2.75) is 18.2 Å². The SMILES string of the molecule is CCC(=O)NCCSc1cccc(O)c1O. The third kappa shape index (κ3) is 3.66. The van der Waals surface area contributed by atoms with Crippen molar-refractivity contribution in [1.29, 1.82) is 0 Å². The molecular formula is C11H15NO3S. The highest BCUT2D eigenvalue weighted by Crippen LogP contribution is 2.35. The molecule has 4 nitrogen and oxygen atoms in total. The molecule has 88 valence electrons. The van der Waals surface area contributed by atoms with Crippen LogP contribution in [-0.4, -0.2) is 28.4 Å². The van der Waals surface area contributed by atoms with Gasteiger partial charge in [0.25, 0.3) is 0 Å². The molecule has 0 aliphatic carbocycles. The van der Waals surface area contributed by atoms with E-state index < -0.39 is 0 Å². The standard InChI is InChI=1S/C11H15NO3S/c1-2-10(14)12-6-7-16-9-5-3-4-8(13)11(9)15/h3-5,13,15H,2,6-7H2,1H3,(H,12,14). The van der Waals surface area contributed by atoms with Crippen molar-refractivity contribution in [3.63, 3.8) is 0 Å². The van der Waals surface area contributed by atoms with E-state index in [-0.39, 0.29) is 17.4 Å². The van der Waals surface area contributed by atoms with E-state index in [9.17, 15) is 15.0 Å². The van der Waals surface area contributed by atoms with Gasteiger partial charge in [0.05, 0.1) is 4.90 Å². The van der Waals surface area contributed by atoms with Crippen molar-refractivity contribution in [3.05, 3.63) is 18.2 Å². The van der Waals surface area contributed by atoms with Crippen LogP contribution in [0.4, 0.5) is 0 Å². The lowest BCUT2D eigenvalue weighted by Gasteiger charge is -2.06. The number of phenols is 2. The molecule has 0 aromatic heterocycles. The topological polar surface area (TPSA) is 69.6 Å². The summed E-state index contributed by atoms with van der Waals surface area (Å²) in [5.74, 6) is 0.445. The predicted molar refractivity (Wildman–Crippen MR) is 63.8 cm³/mol. The van der Waals surface area contributed by atoms with E-state index in [1.165, 1.54) is 17.8 Å². The van der Waals surface area contributed by atoms with Crippen LogP contribution in [0, 0.1) is 0 Å². The van der Waals surface area contributed by atoms with Gasteiger partial charge in [-0.15, -0.1) is 11.8 Å². The molecule has 3 N–H and O–H groups in total. The molecule has 1 rings (SSSR count). The van der Waals surface area contributed by atoms with Crippen molar-refractivity contribution in [3.8, 4) is 11.5 Å². The molecule has 0 radical (unpaired) electrons. The molecule has 0 aliphatic heterocycles. The zero-order chi connectivity index (χ0) is 12.0. The van der Waals surface area contributed by atoms with Gasteiger partial charge in [-0.2, -0.15) is 0 Å². The smallest absolute Gasteiger partial charge is 0.219 e. The van der Waals surface area contributed by atoms with Crippen molar-refractivity contribution in [2.24, 2.45) is 0 Å². The maximum absolute atomic E-state index is 10.9. The molecule has 1 aromatic rings. The molecule has 0 bridgehead atoms. The first kappa shape index (κ1) is 12.7. The third-order valence-corrected chi connectivity index (χ3v) is 3.03. The maximum atomic E-state index is 10.9. The number of amides is 1. The first-order valence-electron chi connectivity index (χ1n) is 5.05. The lowest BCUT2D eigenvalue weighted by molar-refractivity contribution is -0.120. The Hall–Kier alpha value is -1.36.